The summed E-state index contributed by atoms with van der Waals surface area (Å²) >= 11 is 3.72. The lowest BCUT2D eigenvalue weighted by atomic mass is 9.90. The van der Waals surface area contributed by atoms with Crippen molar-refractivity contribution in [3.63, 3.8) is 0 Å². The number of H-pyrrole nitrogens is 1. The van der Waals surface area contributed by atoms with Gasteiger partial charge < -0.3 is 14.7 Å². The Morgan fingerprint density at radius 2 is 2.00 bits per heavy atom. The first-order chi connectivity index (χ1) is 15.2. The monoisotopic (exact) mass is 455 g/mol. The third-order valence-electron chi connectivity index (χ3n) is 6.55. The Morgan fingerprint density at radius 3 is 2.84 bits per heavy atom. The maximum absolute atomic E-state index is 11.4. The molecular weight excluding hydrogens is 430 g/mol. The Bertz CT molecular complexity index is 1110. The number of anilines is 1. The lowest BCUT2D eigenvalue weighted by Gasteiger charge is -2.36. The topological polar surface area (TPSA) is 87.2 Å². The standard InChI is InChI=1S/C22H25N5O2S2/c28-22(4-10-30-11-5-22)18-12-17-19(31-18)21(27-6-8-29-9-7-27)25-20(24-17)14-2-1-3-16-15(14)13-23-26-16/h1-3,13,18,28H,4-12H2,(H,23,26). The fourth-order valence-corrected chi connectivity index (χ4v) is 7.45. The van der Waals surface area contributed by atoms with E-state index in [0.29, 0.717) is 13.2 Å². The second-order valence-corrected chi connectivity index (χ2v) is 10.8. The van der Waals surface area contributed by atoms with Crippen LogP contribution in [0.15, 0.2) is 29.3 Å². The minimum absolute atomic E-state index is 0.137. The van der Waals surface area contributed by atoms with Crippen molar-refractivity contribution in [3.8, 4) is 11.4 Å². The van der Waals surface area contributed by atoms with E-state index in [4.69, 9.17) is 14.7 Å². The largest absolute Gasteiger partial charge is 0.389 e. The Kier molecular flexibility index (Phi) is 5.09. The number of hydrogen-bond donors (Lipinski definition) is 2. The highest BCUT2D eigenvalue weighted by Crippen LogP contribution is 2.49. The molecule has 162 valence electrons. The van der Waals surface area contributed by atoms with Crippen LogP contribution < -0.4 is 4.90 Å². The van der Waals surface area contributed by atoms with Crippen molar-refractivity contribution in [1.29, 1.82) is 0 Å². The summed E-state index contributed by atoms with van der Waals surface area (Å²) in [4.78, 5) is 13.6. The van der Waals surface area contributed by atoms with Crippen LogP contribution in [0.4, 0.5) is 5.82 Å². The van der Waals surface area contributed by atoms with E-state index in [2.05, 4.69) is 21.2 Å². The van der Waals surface area contributed by atoms with Crippen molar-refractivity contribution in [3.05, 3.63) is 30.1 Å². The van der Waals surface area contributed by atoms with Gasteiger partial charge in [0.1, 0.15) is 5.82 Å². The van der Waals surface area contributed by atoms with Gasteiger partial charge in [-0.15, -0.1) is 11.8 Å². The van der Waals surface area contributed by atoms with Crippen molar-refractivity contribution in [2.24, 2.45) is 0 Å². The van der Waals surface area contributed by atoms with Crippen LogP contribution in [0.25, 0.3) is 22.3 Å². The summed E-state index contributed by atoms with van der Waals surface area (Å²) in [5, 5.41) is 19.8. The molecule has 5 heterocycles. The summed E-state index contributed by atoms with van der Waals surface area (Å²) in [5.41, 5.74) is 2.41. The van der Waals surface area contributed by atoms with E-state index in [0.717, 1.165) is 82.6 Å². The van der Waals surface area contributed by atoms with Gasteiger partial charge in [0.2, 0.25) is 0 Å². The molecule has 0 saturated carbocycles. The number of aliphatic hydroxyl groups is 1. The molecule has 7 nitrogen and oxygen atoms in total. The van der Waals surface area contributed by atoms with Gasteiger partial charge in [0.25, 0.3) is 0 Å². The molecule has 0 radical (unpaired) electrons. The molecule has 1 aromatic carbocycles. The van der Waals surface area contributed by atoms with Crippen molar-refractivity contribution >= 4 is 40.2 Å². The molecule has 2 fully saturated rings. The molecule has 3 aliphatic rings. The van der Waals surface area contributed by atoms with Gasteiger partial charge in [-0.05, 0) is 30.4 Å². The number of aromatic nitrogens is 4. The fourth-order valence-electron chi connectivity index (χ4n) is 4.72. The SMILES string of the molecule is OC1(C2Cc3nc(-c4cccc5[nH]ncc45)nc(N4CCOCC4)c3S2)CCSCC1. The fraction of sp³-hybridized carbons (Fsp3) is 0.500. The molecule has 6 rings (SSSR count). The van der Waals surface area contributed by atoms with Gasteiger partial charge >= 0.3 is 0 Å². The Hall–Kier alpha value is -1.81. The first-order valence-electron chi connectivity index (χ1n) is 10.8. The maximum Gasteiger partial charge on any atom is 0.162 e. The number of morpholine rings is 1. The number of ether oxygens (including phenoxy) is 1. The lowest BCUT2D eigenvalue weighted by Crippen LogP contribution is -2.43. The third kappa shape index (κ3) is 3.51. The van der Waals surface area contributed by atoms with Crippen LogP contribution in [0.5, 0.6) is 0 Å². The third-order valence-corrected chi connectivity index (χ3v) is 9.08. The predicted molar refractivity (Wildman–Crippen MR) is 125 cm³/mol. The second-order valence-electron chi connectivity index (χ2n) is 8.41. The molecule has 31 heavy (non-hydrogen) atoms. The molecule has 1 unspecified atom stereocenters. The van der Waals surface area contributed by atoms with Gasteiger partial charge in [-0.1, -0.05) is 12.1 Å². The van der Waals surface area contributed by atoms with E-state index < -0.39 is 5.60 Å². The first-order valence-corrected chi connectivity index (χ1v) is 12.9. The van der Waals surface area contributed by atoms with Crippen LogP contribution in [0, 0.1) is 0 Å². The highest BCUT2D eigenvalue weighted by Gasteiger charge is 2.44. The van der Waals surface area contributed by atoms with Crippen LogP contribution in [-0.4, -0.2) is 73.9 Å². The molecule has 0 spiro atoms. The lowest BCUT2D eigenvalue weighted by molar-refractivity contribution is 0.0304. The van der Waals surface area contributed by atoms with Crippen LogP contribution in [0.3, 0.4) is 0 Å². The summed E-state index contributed by atoms with van der Waals surface area (Å²) in [5.74, 6) is 3.78. The molecule has 0 amide bonds. The molecule has 2 saturated heterocycles. The van der Waals surface area contributed by atoms with Crippen LogP contribution in [-0.2, 0) is 11.2 Å². The van der Waals surface area contributed by atoms with Gasteiger partial charge in [-0.2, -0.15) is 16.9 Å². The van der Waals surface area contributed by atoms with E-state index in [1.807, 2.05) is 30.1 Å². The molecule has 9 heteroatoms. The van der Waals surface area contributed by atoms with Crippen LogP contribution in [0.1, 0.15) is 18.5 Å². The average Bonchev–Trinajstić information content (AvgIpc) is 3.47. The number of fused-ring (bicyclic) bond motifs is 2. The van der Waals surface area contributed by atoms with Gasteiger partial charge in [0, 0.05) is 35.7 Å². The Balaban J connectivity index is 1.44. The van der Waals surface area contributed by atoms with Gasteiger partial charge in [-0.3, -0.25) is 5.10 Å². The van der Waals surface area contributed by atoms with E-state index in [1.54, 1.807) is 11.8 Å². The molecule has 3 aromatic rings. The number of nitrogens with zero attached hydrogens (tertiary/aromatic N) is 4. The Morgan fingerprint density at radius 1 is 1.16 bits per heavy atom. The molecule has 0 bridgehead atoms. The highest BCUT2D eigenvalue weighted by molar-refractivity contribution is 8.00. The zero-order valence-corrected chi connectivity index (χ0v) is 18.8. The quantitative estimate of drug-likeness (QED) is 0.623. The van der Waals surface area contributed by atoms with Crippen LogP contribution in [0.2, 0.25) is 0 Å². The summed E-state index contributed by atoms with van der Waals surface area (Å²) in [6.45, 7) is 3.07. The van der Waals surface area contributed by atoms with Crippen molar-refractivity contribution in [2.45, 2.75) is 35.0 Å². The molecule has 3 aliphatic heterocycles. The number of hydrogen-bond acceptors (Lipinski definition) is 8. The molecular formula is C22H25N5O2S2. The summed E-state index contributed by atoms with van der Waals surface area (Å²) in [7, 11) is 0. The van der Waals surface area contributed by atoms with Crippen LogP contribution >= 0.6 is 23.5 Å². The van der Waals surface area contributed by atoms with E-state index >= 15 is 0 Å². The van der Waals surface area contributed by atoms with Crippen molar-refractivity contribution < 1.29 is 9.84 Å². The normalized spacial score (nSPS) is 23.3. The van der Waals surface area contributed by atoms with Gasteiger partial charge in [0.05, 0.1) is 41.1 Å². The molecule has 2 N–H and O–H groups in total. The minimum atomic E-state index is -0.621. The minimum Gasteiger partial charge on any atom is -0.389 e. The molecule has 2 aromatic heterocycles. The zero-order chi connectivity index (χ0) is 20.8. The number of nitrogens with one attached hydrogen (secondary N) is 1. The molecule has 1 atom stereocenters. The number of benzene rings is 1. The summed E-state index contributed by atoms with van der Waals surface area (Å²) < 4.78 is 5.59. The number of aromatic amines is 1. The average molecular weight is 456 g/mol. The highest BCUT2D eigenvalue weighted by atomic mass is 32.2. The first kappa shape index (κ1) is 19.8. The summed E-state index contributed by atoms with van der Waals surface area (Å²) in [6, 6.07) is 6.10. The smallest absolute Gasteiger partial charge is 0.162 e. The van der Waals surface area contributed by atoms with Gasteiger partial charge in [-0.25, -0.2) is 9.97 Å². The molecule has 0 aliphatic carbocycles. The van der Waals surface area contributed by atoms with Gasteiger partial charge in [0.15, 0.2) is 5.82 Å². The van der Waals surface area contributed by atoms with Crippen molar-refractivity contribution in [2.75, 3.05) is 42.7 Å². The van der Waals surface area contributed by atoms with E-state index in [9.17, 15) is 5.11 Å². The number of rotatable bonds is 3. The predicted octanol–water partition coefficient (Wildman–Crippen LogP) is 3.13. The second kappa shape index (κ2) is 7.95. The summed E-state index contributed by atoms with van der Waals surface area (Å²) in [6.07, 6.45) is 4.33. The van der Waals surface area contributed by atoms with E-state index in [-0.39, 0.29) is 5.25 Å². The Labute approximate surface area is 189 Å². The zero-order valence-electron chi connectivity index (χ0n) is 17.2. The maximum atomic E-state index is 11.4. The number of thioether (sulfide) groups is 2. The van der Waals surface area contributed by atoms with E-state index in [1.165, 1.54) is 0 Å². The van der Waals surface area contributed by atoms with Crippen molar-refractivity contribution in [1.82, 2.24) is 20.2 Å².